The zero-order valence-corrected chi connectivity index (χ0v) is 11.8. The Balaban J connectivity index is 1.57. The average Bonchev–Trinajstić information content (AvgIpc) is 2.53. The van der Waals surface area contributed by atoms with Crippen LogP contribution < -0.4 is 10.1 Å². The Labute approximate surface area is 120 Å². The third kappa shape index (κ3) is 2.96. The van der Waals surface area contributed by atoms with Crippen molar-refractivity contribution >= 4 is 5.91 Å². The first-order valence-corrected chi connectivity index (χ1v) is 7.57. The Bertz CT molecular complexity index is 469. The maximum absolute atomic E-state index is 12.2. The summed E-state index contributed by atoms with van der Waals surface area (Å²) in [6, 6.07) is 8.32. The molecule has 0 aromatic heterocycles. The number of carbonyl (C=O) groups is 1. The fourth-order valence-electron chi connectivity index (χ4n) is 3.02. The van der Waals surface area contributed by atoms with Crippen LogP contribution in [0.1, 0.15) is 37.3 Å². The second kappa shape index (κ2) is 6.27. The zero-order chi connectivity index (χ0) is 13.8. The van der Waals surface area contributed by atoms with Crippen molar-refractivity contribution in [3.63, 3.8) is 0 Å². The smallest absolute Gasteiger partial charge is 0.236 e. The predicted octanol–water partition coefficient (Wildman–Crippen LogP) is 2.11. The van der Waals surface area contributed by atoms with Gasteiger partial charge in [0.1, 0.15) is 5.75 Å². The minimum Gasteiger partial charge on any atom is -0.493 e. The summed E-state index contributed by atoms with van der Waals surface area (Å²) in [4.78, 5) is 14.2. The van der Waals surface area contributed by atoms with E-state index in [0.717, 1.165) is 38.1 Å². The second-order valence-corrected chi connectivity index (χ2v) is 5.55. The van der Waals surface area contributed by atoms with Crippen LogP contribution in [0.3, 0.4) is 0 Å². The van der Waals surface area contributed by atoms with Gasteiger partial charge in [-0.3, -0.25) is 4.79 Å². The van der Waals surface area contributed by atoms with Crippen molar-refractivity contribution in [2.75, 3.05) is 26.2 Å². The summed E-state index contributed by atoms with van der Waals surface area (Å²) in [5.41, 5.74) is 1.17. The van der Waals surface area contributed by atoms with E-state index in [2.05, 4.69) is 11.4 Å². The predicted molar refractivity (Wildman–Crippen MR) is 77.7 cm³/mol. The van der Waals surface area contributed by atoms with E-state index in [0.29, 0.717) is 13.2 Å². The molecular formula is C16H22N2O2. The van der Waals surface area contributed by atoms with E-state index < -0.39 is 0 Å². The summed E-state index contributed by atoms with van der Waals surface area (Å²) < 4.78 is 5.64. The van der Waals surface area contributed by atoms with Crippen LogP contribution in [0, 0.1) is 0 Å². The number of hydrogen-bond acceptors (Lipinski definition) is 3. The third-order valence-electron chi connectivity index (χ3n) is 4.17. The minimum absolute atomic E-state index is 0.230. The summed E-state index contributed by atoms with van der Waals surface area (Å²) in [6.45, 7) is 2.99. The molecule has 1 saturated heterocycles. The highest BCUT2D eigenvalue weighted by Gasteiger charge is 2.22. The molecule has 0 radical (unpaired) electrons. The second-order valence-electron chi connectivity index (χ2n) is 5.55. The van der Waals surface area contributed by atoms with Gasteiger partial charge < -0.3 is 15.0 Å². The first kappa shape index (κ1) is 13.4. The summed E-state index contributed by atoms with van der Waals surface area (Å²) in [5, 5.41) is 3.40. The van der Waals surface area contributed by atoms with Gasteiger partial charge >= 0.3 is 0 Å². The van der Waals surface area contributed by atoms with Crippen molar-refractivity contribution in [2.24, 2.45) is 0 Å². The number of nitrogens with one attached hydrogen (secondary N) is 1. The molecule has 0 saturated carbocycles. The number of piperidine rings is 1. The van der Waals surface area contributed by atoms with Crippen molar-refractivity contribution in [3.05, 3.63) is 29.8 Å². The molecule has 0 bridgehead atoms. The summed E-state index contributed by atoms with van der Waals surface area (Å²) in [7, 11) is 0. The summed E-state index contributed by atoms with van der Waals surface area (Å²) >= 11 is 0. The lowest BCUT2D eigenvalue weighted by Crippen LogP contribution is -2.42. The van der Waals surface area contributed by atoms with Crippen molar-refractivity contribution < 1.29 is 9.53 Å². The first-order chi connectivity index (χ1) is 9.84. The van der Waals surface area contributed by atoms with Gasteiger partial charge in [0.2, 0.25) is 5.91 Å². The topological polar surface area (TPSA) is 41.6 Å². The molecule has 1 unspecified atom stereocenters. The number of carbonyl (C=O) groups excluding carboxylic acids is 1. The normalized spacial score (nSPS) is 22.0. The molecule has 4 heteroatoms. The van der Waals surface area contributed by atoms with E-state index in [4.69, 9.17) is 4.74 Å². The van der Waals surface area contributed by atoms with Gasteiger partial charge in [-0.15, -0.1) is 0 Å². The molecule has 20 heavy (non-hydrogen) atoms. The van der Waals surface area contributed by atoms with E-state index in [1.54, 1.807) is 0 Å². The molecular weight excluding hydrogens is 252 g/mol. The van der Waals surface area contributed by atoms with Crippen LogP contribution in [0.5, 0.6) is 5.75 Å². The number of likely N-dealkylation sites (tertiary alicyclic amines) is 1. The maximum atomic E-state index is 12.2. The van der Waals surface area contributed by atoms with Gasteiger partial charge in [-0.25, -0.2) is 0 Å². The molecule has 0 aliphatic carbocycles. The van der Waals surface area contributed by atoms with E-state index in [-0.39, 0.29) is 11.9 Å². The Kier molecular flexibility index (Phi) is 4.21. The molecule has 0 spiro atoms. The number of hydrogen-bond donors (Lipinski definition) is 1. The molecule has 4 nitrogen and oxygen atoms in total. The molecule has 2 aliphatic rings. The van der Waals surface area contributed by atoms with Gasteiger partial charge in [-0.1, -0.05) is 18.2 Å². The summed E-state index contributed by atoms with van der Waals surface area (Å²) in [5.74, 6) is 1.18. The van der Waals surface area contributed by atoms with Gasteiger partial charge in [0.05, 0.1) is 13.2 Å². The third-order valence-corrected chi connectivity index (χ3v) is 4.17. The molecule has 1 N–H and O–H groups in total. The van der Waals surface area contributed by atoms with Gasteiger partial charge in [0.15, 0.2) is 0 Å². The number of benzene rings is 1. The molecule has 1 atom stereocenters. The number of ether oxygens (including phenoxy) is 1. The van der Waals surface area contributed by atoms with Crippen LogP contribution in [0.4, 0.5) is 0 Å². The largest absolute Gasteiger partial charge is 0.493 e. The maximum Gasteiger partial charge on any atom is 0.236 e. The van der Waals surface area contributed by atoms with E-state index >= 15 is 0 Å². The quantitative estimate of drug-likeness (QED) is 0.918. The molecule has 2 aliphatic heterocycles. The van der Waals surface area contributed by atoms with Crippen molar-refractivity contribution in [3.8, 4) is 5.75 Å². The summed E-state index contributed by atoms with van der Waals surface area (Å²) in [6.07, 6.45) is 4.46. The zero-order valence-electron chi connectivity index (χ0n) is 11.8. The molecule has 108 valence electrons. The van der Waals surface area contributed by atoms with Crippen molar-refractivity contribution in [1.29, 1.82) is 0 Å². The van der Waals surface area contributed by atoms with E-state index in [1.165, 1.54) is 12.0 Å². The molecule has 2 heterocycles. The molecule has 1 aromatic carbocycles. The fraction of sp³-hybridized carbons (Fsp3) is 0.562. The van der Waals surface area contributed by atoms with Crippen molar-refractivity contribution in [1.82, 2.24) is 10.2 Å². The fourth-order valence-corrected chi connectivity index (χ4v) is 3.02. The molecule has 1 aromatic rings. The van der Waals surface area contributed by atoms with Crippen LogP contribution in [0.15, 0.2) is 24.3 Å². The standard InChI is InChI=1S/C16H22N2O2/c19-16(18-9-4-1-5-10-18)12-17-14-8-11-20-15-7-3-2-6-13(14)15/h2-3,6-7,14,17H,1,4-5,8-12H2. The van der Waals surface area contributed by atoms with Crippen LogP contribution >= 0.6 is 0 Å². The van der Waals surface area contributed by atoms with Crippen LogP contribution in [0.2, 0.25) is 0 Å². The van der Waals surface area contributed by atoms with E-state index in [1.807, 2.05) is 23.1 Å². The van der Waals surface area contributed by atoms with E-state index in [9.17, 15) is 4.79 Å². The number of para-hydroxylation sites is 1. The Morgan fingerprint density at radius 1 is 1.25 bits per heavy atom. The van der Waals surface area contributed by atoms with Gasteiger partial charge in [-0.2, -0.15) is 0 Å². The van der Waals surface area contributed by atoms with Crippen molar-refractivity contribution in [2.45, 2.75) is 31.7 Å². The SMILES string of the molecule is O=C(CNC1CCOc2ccccc21)N1CCCCC1. The monoisotopic (exact) mass is 274 g/mol. The number of fused-ring (bicyclic) bond motifs is 1. The lowest BCUT2D eigenvalue weighted by molar-refractivity contribution is -0.131. The van der Waals surface area contributed by atoms with Crippen LogP contribution in [-0.4, -0.2) is 37.0 Å². The van der Waals surface area contributed by atoms with Gasteiger partial charge in [-0.05, 0) is 25.3 Å². The van der Waals surface area contributed by atoms with Gasteiger partial charge in [0.25, 0.3) is 0 Å². The van der Waals surface area contributed by atoms with Gasteiger partial charge in [0, 0.05) is 31.1 Å². The number of nitrogens with zero attached hydrogens (tertiary/aromatic N) is 1. The first-order valence-electron chi connectivity index (χ1n) is 7.57. The highest BCUT2D eigenvalue weighted by atomic mass is 16.5. The minimum atomic E-state index is 0.230. The molecule has 1 amide bonds. The number of rotatable bonds is 3. The van der Waals surface area contributed by atoms with Crippen LogP contribution in [0.25, 0.3) is 0 Å². The Hall–Kier alpha value is -1.55. The molecule has 1 fully saturated rings. The molecule has 3 rings (SSSR count). The highest BCUT2D eigenvalue weighted by molar-refractivity contribution is 5.78. The highest BCUT2D eigenvalue weighted by Crippen LogP contribution is 2.31. The number of amides is 1. The lowest BCUT2D eigenvalue weighted by atomic mass is 10.0. The van der Waals surface area contributed by atoms with Crippen LogP contribution in [-0.2, 0) is 4.79 Å². The lowest BCUT2D eigenvalue weighted by Gasteiger charge is -2.29. The average molecular weight is 274 g/mol. The Morgan fingerprint density at radius 3 is 2.90 bits per heavy atom. The Morgan fingerprint density at radius 2 is 2.05 bits per heavy atom.